The average molecular weight is 375 g/mol. The smallest absolute Gasteiger partial charge is 0.0974 e. The molecule has 0 N–H and O–H groups in total. The van der Waals surface area contributed by atoms with Crippen LogP contribution in [-0.4, -0.2) is 23.0 Å². The second-order valence-corrected chi connectivity index (χ2v) is 9.80. The van der Waals surface area contributed by atoms with Gasteiger partial charge in [-0.1, -0.05) is 30.3 Å². The minimum Gasteiger partial charge on any atom is -0.193 e. The fraction of sp³-hybridized carbons (Fsp3) is 0.294. The molecule has 1 aromatic rings. The molecule has 0 spiro atoms. The Morgan fingerprint density at radius 3 is 1.61 bits per heavy atom. The molecule has 2 fully saturated rings. The lowest BCUT2D eigenvalue weighted by Crippen LogP contribution is -2.06. The molecule has 2 heterocycles. The molecule has 2 saturated heterocycles. The zero-order valence-corrected chi connectivity index (χ0v) is 15.6. The number of benzene rings is 1. The van der Waals surface area contributed by atoms with Crippen molar-refractivity contribution >= 4 is 47.0 Å². The highest BCUT2D eigenvalue weighted by Crippen LogP contribution is 2.48. The molecule has 0 bridgehead atoms. The summed E-state index contributed by atoms with van der Waals surface area (Å²) in [6, 6.07) is 14.8. The van der Waals surface area contributed by atoms with Crippen LogP contribution in [0.15, 0.2) is 50.0 Å². The molecule has 0 amide bonds. The van der Waals surface area contributed by atoms with Gasteiger partial charge in [-0.25, -0.2) is 0 Å². The fourth-order valence-corrected chi connectivity index (χ4v) is 7.53. The highest BCUT2D eigenvalue weighted by Gasteiger charge is 2.30. The number of rotatable bonds is 3. The first-order valence-corrected chi connectivity index (χ1v) is 11.1. The number of nitrogens with zero attached hydrogens (tertiary/aromatic N) is 2. The van der Waals surface area contributed by atoms with Crippen molar-refractivity contribution in [3.63, 3.8) is 0 Å². The molecule has 0 radical (unpaired) electrons. The molecule has 23 heavy (non-hydrogen) atoms. The first-order valence-electron chi connectivity index (χ1n) is 7.20. The van der Waals surface area contributed by atoms with Gasteiger partial charge in [-0.2, -0.15) is 10.5 Å². The summed E-state index contributed by atoms with van der Waals surface area (Å²) in [5.41, 5.74) is 2.50. The fourth-order valence-electron chi connectivity index (χ4n) is 2.51. The summed E-state index contributed by atoms with van der Waals surface area (Å²) in [7, 11) is 0. The van der Waals surface area contributed by atoms with Crippen molar-refractivity contribution < 1.29 is 0 Å². The van der Waals surface area contributed by atoms with E-state index in [2.05, 4.69) is 12.1 Å². The second-order valence-electron chi connectivity index (χ2n) is 4.86. The maximum atomic E-state index is 9.83. The van der Waals surface area contributed by atoms with E-state index >= 15 is 0 Å². The van der Waals surface area contributed by atoms with Crippen molar-refractivity contribution in [2.45, 2.75) is 5.92 Å². The molecule has 0 saturated carbocycles. The predicted molar refractivity (Wildman–Crippen MR) is 104 cm³/mol. The summed E-state index contributed by atoms with van der Waals surface area (Å²) in [5, 5.41) is 19.7. The molecular formula is C17H14N2S4. The van der Waals surface area contributed by atoms with Crippen LogP contribution in [0.1, 0.15) is 11.5 Å². The van der Waals surface area contributed by atoms with E-state index in [9.17, 15) is 10.5 Å². The van der Waals surface area contributed by atoms with Crippen LogP contribution in [0, 0.1) is 22.7 Å². The Morgan fingerprint density at radius 2 is 1.22 bits per heavy atom. The van der Waals surface area contributed by atoms with Gasteiger partial charge in [0.25, 0.3) is 0 Å². The summed E-state index contributed by atoms with van der Waals surface area (Å²) in [6.45, 7) is 0. The molecule has 6 heteroatoms. The van der Waals surface area contributed by atoms with Gasteiger partial charge in [0.2, 0.25) is 0 Å². The van der Waals surface area contributed by atoms with Gasteiger partial charge < -0.3 is 0 Å². The zero-order valence-electron chi connectivity index (χ0n) is 12.3. The maximum absolute atomic E-state index is 9.83. The topological polar surface area (TPSA) is 47.6 Å². The summed E-state index contributed by atoms with van der Waals surface area (Å²) in [6.07, 6.45) is 0. The minimum atomic E-state index is -0.243. The monoisotopic (exact) mass is 374 g/mol. The third-order valence-electron chi connectivity index (χ3n) is 3.49. The van der Waals surface area contributed by atoms with Crippen molar-refractivity contribution in [2.24, 2.45) is 0 Å². The van der Waals surface area contributed by atoms with E-state index < -0.39 is 0 Å². The largest absolute Gasteiger partial charge is 0.193 e. The van der Waals surface area contributed by atoms with E-state index in [0.717, 1.165) is 48.2 Å². The van der Waals surface area contributed by atoms with Crippen molar-refractivity contribution in [3.8, 4) is 12.1 Å². The molecule has 2 nitrogen and oxygen atoms in total. The summed E-state index contributed by atoms with van der Waals surface area (Å²) in [4.78, 5) is 0. The van der Waals surface area contributed by atoms with Gasteiger partial charge in [0.15, 0.2) is 0 Å². The number of thioether (sulfide) groups is 4. The van der Waals surface area contributed by atoms with Crippen molar-refractivity contribution in [2.75, 3.05) is 23.0 Å². The Morgan fingerprint density at radius 1 is 0.783 bits per heavy atom. The van der Waals surface area contributed by atoms with Crippen LogP contribution in [0.5, 0.6) is 0 Å². The van der Waals surface area contributed by atoms with E-state index in [4.69, 9.17) is 0 Å². The van der Waals surface area contributed by atoms with Gasteiger partial charge in [-0.15, -0.1) is 47.0 Å². The molecule has 0 aliphatic carbocycles. The van der Waals surface area contributed by atoms with Crippen molar-refractivity contribution in [1.82, 2.24) is 0 Å². The number of nitriles is 2. The summed E-state index contributed by atoms with van der Waals surface area (Å²) >= 11 is 6.97. The van der Waals surface area contributed by atoms with Gasteiger partial charge in [0.05, 0.1) is 37.7 Å². The highest BCUT2D eigenvalue weighted by molar-refractivity contribution is 8.25. The van der Waals surface area contributed by atoms with Crippen molar-refractivity contribution in [3.05, 3.63) is 55.5 Å². The van der Waals surface area contributed by atoms with E-state index in [0.29, 0.717) is 0 Å². The molecule has 0 unspecified atom stereocenters. The van der Waals surface area contributed by atoms with Gasteiger partial charge in [-0.3, -0.25) is 0 Å². The van der Waals surface area contributed by atoms with E-state index in [1.165, 1.54) is 0 Å². The van der Waals surface area contributed by atoms with Crippen LogP contribution in [0.25, 0.3) is 0 Å². The SMILES string of the molecule is N#CC(=C1SCCS1)C(C(C#N)=C1SCCS1)c1ccccc1. The van der Waals surface area contributed by atoms with Gasteiger partial charge in [0.1, 0.15) is 0 Å². The van der Waals surface area contributed by atoms with E-state index in [1.807, 2.05) is 30.3 Å². The molecule has 1 aromatic carbocycles. The Hall–Kier alpha value is -0.920. The normalized spacial score (nSPS) is 17.2. The molecule has 0 atom stereocenters. The van der Waals surface area contributed by atoms with Crippen LogP contribution in [-0.2, 0) is 0 Å². The lowest BCUT2D eigenvalue weighted by atomic mass is 9.87. The zero-order chi connectivity index (χ0) is 16.1. The molecule has 0 aromatic heterocycles. The quantitative estimate of drug-likeness (QED) is 0.678. The summed E-state index contributed by atoms with van der Waals surface area (Å²) < 4.78 is 2.17. The molecule has 116 valence electrons. The highest BCUT2D eigenvalue weighted by atomic mass is 32.2. The first kappa shape index (κ1) is 16.9. The Kier molecular flexibility index (Phi) is 6.08. The van der Waals surface area contributed by atoms with Gasteiger partial charge in [0, 0.05) is 23.0 Å². The van der Waals surface area contributed by atoms with Crippen LogP contribution in [0.2, 0.25) is 0 Å². The Bertz CT molecular complexity index is 665. The standard InChI is InChI=1S/C17H14N2S4/c18-10-13(16-20-6-7-21-16)15(12-4-2-1-3-5-12)14(11-19)17-22-8-9-23-17/h1-5,15H,6-9H2. The van der Waals surface area contributed by atoms with E-state index in [1.54, 1.807) is 47.0 Å². The van der Waals surface area contributed by atoms with E-state index in [-0.39, 0.29) is 5.92 Å². The number of hydrogen-bond acceptors (Lipinski definition) is 6. The third-order valence-corrected chi connectivity index (χ3v) is 8.98. The summed E-state index contributed by atoms with van der Waals surface area (Å²) in [5.74, 6) is 3.90. The Labute approximate surface area is 153 Å². The first-order chi connectivity index (χ1) is 11.3. The lowest BCUT2D eigenvalue weighted by molar-refractivity contribution is 0.987. The van der Waals surface area contributed by atoms with Crippen LogP contribution in [0.3, 0.4) is 0 Å². The Balaban J connectivity index is 2.15. The maximum Gasteiger partial charge on any atom is 0.0974 e. The van der Waals surface area contributed by atoms with Gasteiger partial charge >= 0.3 is 0 Å². The lowest BCUT2D eigenvalue weighted by Gasteiger charge is -2.19. The van der Waals surface area contributed by atoms with Gasteiger partial charge in [-0.05, 0) is 5.56 Å². The molecule has 2 aliphatic heterocycles. The van der Waals surface area contributed by atoms with Crippen LogP contribution < -0.4 is 0 Å². The van der Waals surface area contributed by atoms with Crippen LogP contribution in [0.4, 0.5) is 0 Å². The number of allylic oxidation sites excluding steroid dienone is 2. The molecular weight excluding hydrogens is 360 g/mol. The average Bonchev–Trinajstić information content (AvgIpc) is 3.30. The van der Waals surface area contributed by atoms with Crippen LogP contribution >= 0.6 is 47.0 Å². The van der Waals surface area contributed by atoms with Crippen molar-refractivity contribution in [1.29, 1.82) is 10.5 Å². The number of hydrogen-bond donors (Lipinski definition) is 0. The predicted octanol–water partition coefficient (Wildman–Crippen LogP) is 5.20. The second kappa shape index (κ2) is 8.26. The third kappa shape index (κ3) is 3.78. The molecule has 3 rings (SSSR count). The molecule has 2 aliphatic rings. The minimum absolute atomic E-state index is 0.243.